The van der Waals surface area contributed by atoms with Gasteiger partial charge in [0.25, 0.3) is 0 Å². The highest BCUT2D eigenvalue weighted by molar-refractivity contribution is 5.29. The van der Waals surface area contributed by atoms with Gasteiger partial charge in [-0.05, 0) is 36.0 Å². The van der Waals surface area contributed by atoms with Crippen molar-refractivity contribution in [2.45, 2.75) is 39.2 Å². The van der Waals surface area contributed by atoms with Crippen molar-refractivity contribution >= 4 is 0 Å². The van der Waals surface area contributed by atoms with Crippen molar-refractivity contribution in [3.63, 3.8) is 0 Å². The summed E-state index contributed by atoms with van der Waals surface area (Å²) in [5, 5.41) is 12.2. The van der Waals surface area contributed by atoms with Gasteiger partial charge in [0.1, 0.15) is 0 Å². The lowest BCUT2D eigenvalue weighted by atomic mass is 9.89. The van der Waals surface area contributed by atoms with Gasteiger partial charge in [0.15, 0.2) is 17.4 Å². The molecule has 2 nitrogen and oxygen atoms in total. The molecule has 1 aliphatic rings. The molecule has 4 heteroatoms. The Labute approximate surface area is 106 Å². The minimum atomic E-state index is -0.904. The smallest absolute Gasteiger partial charge is 0.187 e. The first-order chi connectivity index (χ1) is 8.50. The summed E-state index contributed by atoms with van der Waals surface area (Å²) in [6.45, 7) is 3.52. The van der Waals surface area contributed by atoms with E-state index in [4.69, 9.17) is 5.11 Å². The first kappa shape index (κ1) is 13.3. The standard InChI is InChI=1S/C14H19F2NO/c1-14(4-2-3-5-14)9-17-8-10-6-11(15)13(18)12(16)7-10/h6-7,17-18H,2-5,8-9H2,1H3. The van der Waals surface area contributed by atoms with Gasteiger partial charge in [-0.2, -0.15) is 0 Å². The maximum absolute atomic E-state index is 13.1. The van der Waals surface area contributed by atoms with Crippen molar-refractivity contribution in [2.75, 3.05) is 6.54 Å². The van der Waals surface area contributed by atoms with Gasteiger partial charge in [-0.1, -0.05) is 19.8 Å². The Balaban J connectivity index is 1.90. The van der Waals surface area contributed by atoms with Gasteiger partial charge in [-0.15, -0.1) is 0 Å². The quantitative estimate of drug-likeness (QED) is 0.864. The van der Waals surface area contributed by atoms with Gasteiger partial charge >= 0.3 is 0 Å². The molecule has 0 bridgehead atoms. The molecule has 1 aromatic rings. The summed E-state index contributed by atoms with van der Waals surface area (Å²) in [6, 6.07) is 2.34. The van der Waals surface area contributed by atoms with Crippen molar-refractivity contribution in [3.8, 4) is 5.75 Å². The predicted octanol–water partition coefficient (Wildman–Crippen LogP) is 3.34. The average Bonchev–Trinajstić information content (AvgIpc) is 2.73. The SMILES string of the molecule is CC1(CNCc2cc(F)c(O)c(F)c2)CCCC1. The molecule has 1 aliphatic carbocycles. The maximum atomic E-state index is 13.1. The number of phenolic OH excluding ortho intramolecular Hbond substituents is 1. The molecule has 2 rings (SSSR count). The van der Waals surface area contributed by atoms with Crippen LogP contribution < -0.4 is 5.32 Å². The van der Waals surface area contributed by atoms with Crippen LogP contribution in [0.2, 0.25) is 0 Å². The molecule has 2 N–H and O–H groups in total. The van der Waals surface area contributed by atoms with E-state index >= 15 is 0 Å². The third-order valence-corrected chi connectivity index (χ3v) is 3.77. The van der Waals surface area contributed by atoms with Crippen LogP contribution in [-0.4, -0.2) is 11.7 Å². The molecule has 1 fully saturated rings. The van der Waals surface area contributed by atoms with Crippen LogP contribution in [0.3, 0.4) is 0 Å². The van der Waals surface area contributed by atoms with Crippen LogP contribution in [0.1, 0.15) is 38.2 Å². The van der Waals surface area contributed by atoms with Crippen molar-refractivity contribution in [2.24, 2.45) is 5.41 Å². The third-order valence-electron chi connectivity index (χ3n) is 3.77. The van der Waals surface area contributed by atoms with Gasteiger partial charge in [0.2, 0.25) is 0 Å². The van der Waals surface area contributed by atoms with Gasteiger partial charge in [0, 0.05) is 13.1 Å². The Morgan fingerprint density at radius 3 is 2.33 bits per heavy atom. The van der Waals surface area contributed by atoms with E-state index in [0.29, 0.717) is 17.5 Å². The number of hydrogen-bond acceptors (Lipinski definition) is 2. The average molecular weight is 255 g/mol. The summed E-state index contributed by atoms with van der Waals surface area (Å²) >= 11 is 0. The molecule has 0 saturated heterocycles. The van der Waals surface area contributed by atoms with Crippen molar-refractivity contribution in [3.05, 3.63) is 29.3 Å². The van der Waals surface area contributed by atoms with E-state index < -0.39 is 17.4 Å². The predicted molar refractivity (Wildman–Crippen MR) is 66.3 cm³/mol. The van der Waals surface area contributed by atoms with Gasteiger partial charge in [-0.3, -0.25) is 0 Å². The number of nitrogens with one attached hydrogen (secondary N) is 1. The maximum Gasteiger partial charge on any atom is 0.187 e. The van der Waals surface area contributed by atoms with Crippen molar-refractivity contribution in [1.82, 2.24) is 5.32 Å². The molecular formula is C14H19F2NO. The molecule has 18 heavy (non-hydrogen) atoms. The first-order valence-corrected chi connectivity index (χ1v) is 6.38. The van der Waals surface area contributed by atoms with E-state index in [1.165, 1.54) is 37.8 Å². The number of aromatic hydroxyl groups is 1. The topological polar surface area (TPSA) is 32.3 Å². The molecular weight excluding hydrogens is 236 g/mol. The van der Waals surface area contributed by atoms with Crippen LogP contribution >= 0.6 is 0 Å². The van der Waals surface area contributed by atoms with Crippen LogP contribution in [0.15, 0.2) is 12.1 Å². The molecule has 0 spiro atoms. The molecule has 1 saturated carbocycles. The second kappa shape index (κ2) is 5.22. The highest BCUT2D eigenvalue weighted by atomic mass is 19.1. The van der Waals surface area contributed by atoms with Crippen LogP contribution in [0, 0.1) is 17.0 Å². The largest absolute Gasteiger partial charge is 0.503 e. The highest BCUT2D eigenvalue weighted by Crippen LogP contribution is 2.36. The van der Waals surface area contributed by atoms with E-state index in [1.54, 1.807) is 0 Å². The van der Waals surface area contributed by atoms with E-state index in [9.17, 15) is 8.78 Å². The van der Waals surface area contributed by atoms with Gasteiger partial charge in [-0.25, -0.2) is 8.78 Å². The van der Waals surface area contributed by atoms with E-state index in [1.807, 2.05) is 0 Å². The summed E-state index contributed by atoms with van der Waals surface area (Å²) < 4.78 is 26.3. The van der Waals surface area contributed by atoms with Crippen LogP contribution in [0.4, 0.5) is 8.78 Å². The van der Waals surface area contributed by atoms with Gasteiger partial charge in [0.05, 0.1) is 0 Å². The molecule has 1 aromatic carbocycles. The van der Waals surface area contributed by atoms with Crippen LogP contribution in [0.25, 0.3) is 0 Å². The van der Waals surface area contributed by atoms with E-state index in [-0.39, 0.29) is 0 Å². The molecule has 0 unspecified atom stereocenters. The summed E-state index contributed by atoms with van der Waals surface area (Å²) in [4.78, 5) is 0. The van der Waals surface area contributed by atoms with Crippen molar-refractivity contribution < 1.29 is 13.9 Å². The zero-order chi connectivity index (χ0) is 13.2. The zero-order valence-corrected chi connectivity index (χ0v) is 10.6. The number of hydrogen-bond donors (Lipinski definition) is 2. The fourth-order valence-electron chi connectivity index (χ4n) is 2.63. The summed E-state index contributed by atoms with van der Waals surface area (Å²) in [5.41, 5.74) is 0.831. The first-order valence-electron chi connectivity index (χ1n) is 6.38. The molecule has 100 valence electrons. The Hall–Kier alpha value is -1.16. The lowest BCUT2D eigenvalue weighted by Crippen LogP contribution is -2.29. The fraction of sp³-hybridized carbons (Fsp3) is 0.571. The van der Waals surface area contributed by atoms with E-state index in [2.05, 4.69) is 12.2 Å². The Morgan fingerprint density at radius 1 is 1.22 bits per heavy atom. The number of phenols is 1. The minimum Gasteiger partial charge on any atom is -0.503 e. The molecule has 0 aliphatic heterocycles. The van der Waals surface area contributed by atoms with E-state index in [0.717, 1.165) is 6.54 Å². The van der Waals surface area contributed by atoms with Crippen molar-refractivity contribution in [1.29, 1.82) is 0 Å². The number of rotatable bonds is 4. The summed E-state index contributed by atoms with van der Waals surface area (Å²) in [6.07, 6.45) is 4.94. The zero-order valence-electron chi connectivity index (χ0n) is 10.6. The molecule has 0 aromatic heterocycles. The summed E-state index contributed by atoms with van der Waals surface area (Å²) in [7, 11) is 0. The monoisotopic (exact) mass is 255 g/mol. The molecule has 0 atom stereocenters. The third kappa shape index (κ3) is 2.99. The highest BCUT2D eigenvalue weighted by Gasteiger charge is 2.27. The lowest BCUT2D eigenvalue weighted by Gasteiger charge is -2.23. The molecule has 0 radical (unpaired) electrons. The molecule has 0 amide bonds. The number of halogens is 2. The Kier molecular flexibility index (Phi) is 3.85. The summed E-state index contributed by atoms with van der Waals surface area (Å²) in [5.74, 6) is -2.71. The second-order valence-corrected chi connectivity index (χ2v) is 5.53. The molecule has 0 heterocycles. The lowest BCUT2D eigenvalue weighted by molar-refractivity contribution is 0.314. The Bertz CT molecular complexity index is 405. The second-order valence-electron chi connectivity index (χ2n) is 5.53. The Morgan fingerprint density at radius 2 is 1.78 bits per heavy atom. The normalized spacial score (nSPS) is 18.2. The fourth-order valence-corrected chi connectivity index (χ4v) is 2.63. The number of benzene rings is 1. The van der Waals surface area contributed by atoms with Gasteiger partial charge < -0.3 is 10.4 Å². The van der Waals surface area contributed by atoms with Crippen LogP contribution in [0.5, 0.6) is 5.75 Å². The van der Waals surface area contributed by atoms with Crippen LogP contribution in [-0.2, 0) is 6.54 Å². The minimum absolute atomic E-state index is 0.314.